The molecule has 1 spiro atoms. The van der Waals surface area contributed by atoms with Crippen molar-refractivity contribution in [2.24, 2.45) is 0 Å². The highest BCUT2D eigenvalue weighted by Crippen LogP contribution is 2.62. The lowest BCUT2D eigenvalue weighted by Crippen LogP contribution is -2.63. The van der Waals surface area contributed by atoms with Crippen LogP contribution >= 0.6 is 0 Å². The van der Waals surface area contributed by atoms with Gasteiger partial charge in [0.2, 0.25) is 0 Å². The normalized spacial score (nSPS) is 15.3. The molecule has 0 saturated carbocycles. The second kappa shape index (κ2) is 10.9. The number of hydrogen-bond acceptors (Lipinski definition) is 2. The molecule has 0 unspecified atom stereocenters. The molecule has 2 aliphatic carbocycles. The fourth-order valence-corrected chi connectivity index (χ4v) is 12.2. The largest absolute Gasteiger partial charge is 0.303 e. The molecule has 0 atom stereocenters. The van der Waals surface area contributed by atoms with Crippen LogP contribution in [0.2, 0.25) is 0 Å². The zero-order valence-corrected chi connectivity index (χ0v) is 32.6. The van der Waals surface area contributed by atoms with Crippen LogP contribution < -0.4 is 26.9 Å². The van der Waals surface area contributed by atoms with E-state index in [0.29, 0.717) is 0 Å². The van der Waals surface area contributed by atoms with E-state index in [1.165, 1.54) is 122 Å². The Labute approximate surface area is 335 Å². The van der Waals surface area contributed by atoms with E-state index in [9.17, 15) is 0 Å². The second-order valence-electron chi connectivity index (χ2n) is 17.0. The number of fused-ring (bicyclic) bond motifs is 15. The van der Waals surface area contributed by atoms with Crippen LogP contribution in [0.4, 0.5) is 11.4 Å². The summed E-state index contributed by atoms with van der Waals surface area (Å²) in [6.45, 7) is 9.04. The Morgan fingerprint density at radius 3 is 1.23 bits per heavy atom. The number of nitrogens with zero attached hydrogens (tertiary/aromatic N) is 2. The number of hydrogen-bond donors (Lipinski definition) is 0. The molecule has 3 aliphatic heterocycles. The summed E-state index contributed by atoms with van der Waals surface area (Å²) in [6.07, 6.45) is 0. The van der Waals surface area contributed by atoms with Gasteiger partial charge in [-0.25, -0.2) is 0 Å². The monoisotopic (exact) mass is 724 g/mol. The molecule has 0 radical (unpaired) electrons. The molecule has 0 fully saturated rings. The van der Waals surface area contributed by atoms with Gasteiger partial charge < -0.3 is 0 Å². The highest BCUT2D eigenvalue weighted by atomic mass is 15.6. The lowest BCUT2D eigenvalue weighted by atomic mass is 9.40. The van der Waals surface area contributed by atoms with Crippen LogP contribution in [-0.4, -0.2) is 18.5 Å². The summed E-state index contributed by atoms with van der Waals surface area (Å²) in [5.41, 5.74) is 29.4. The zero-order chi connectivity index (χ0) is 37.9. The van der Waals surface area contributed by atoms with E-state index in [4.69, 9.17) is 0 Å². The Morgan fingerprint density at radius 2 is 0.772 bits per heavy atom. The molecular weight excluding hydrogens is 686 g/mol. The number of rotatable bonds is 2. The van der Waals surface area contributed by atoms with Crippen LogP contribution in [0.15, 0.2) is 158 Å². The van der Waals surface area contributed by atoms with Crippen molar-refractivity contribution in [3.63, 3.8) is 0 Å². The number of benzene rings is 8. The summed E-state index contributed by atoms with van der Waals surface area (Å²) in [5, 5.41) is 2.58. The van der Waals surface area contributed by atoms with Gasteiger partial charge in [-0.2, -0.15) is 0 Å². The van der Waals surface area contributed by atoms with Crippen molar-refractivity contribution in [2.75, 3.05) is 5.01 Å². The molecule has 0 N–H and O–H groups in total. The molecule has 8 aromatic rings. The minimum Gasteiger partial charge on any atom is -0.295 e. The van der Waals surface area contributed by atoms with Crippen LogP contribution in [0.25, 0.3) is 44.5 Å². The van der Waals surface area contributed by atoms with Crippen LogP contribution in [0.3, 0.4) is 0 Å². The van der Waals surface area contributed by atoms with Gasteiger partial charge in [-0.3, -0.25) is 9.84 Å². The molecule has 5 aliphatic rings. The maximum atomic E-state index is 2.74. The van der Waals surface area contributed by atoms with Gasteiger partial charge >= 0.3 is 13.7 Å². The molecule has 13 rings (SSSR count). The van der Waals surface area contributed by atoms with Gasteiger partial charge in [-0.15, -0.1) is 0 Å². The first-order chi connectivity index (χ1) is 28.0. The van der Waals surface area contributed by atoms with Gasteiger partial charge in [0.05, 0.1) is 16.8 Å². The van der Waals surface area contributed by atoms with Gasteiger partial charge in [-0.1, -0.05) is 146 Å². The molecule has 266 valence electrons. The second-order valence-corrected chi connectivity index (χ2v) is 17.0. The van der Waals surface area contributed by atoms with Crippen LogP contribution in [0.5, 0.6) is 0 Å². The predicted molar refractivity (Wildman–Crippen MR) is 239 cm³/mol. The van der Waals surface area contributed by atoms with Gasteiger partial charge in [0.15, 0.2) is 0 Å². The maximum absolute atomic E-state index is 2.74. The summed E-state index contributed by atoms with van der Waals surface area (Å²) in [4.78, 5) is 2.74. The van der Waals surface area contributed by atoms with E-state index in [1.54, 1.807) is 0 Å². The van der Waals surface area contributed by atoms with Gasteiger partial charge in [-0.05, 0) is 151 Å². The minimum absolute atomic E-state index is 0.0163. The minimum atomic E-state index is -0.394. The Morgan fingerprint density at radius 1 is 0.368 bits per heavy atom. The lowest BCUT2D eigenvalue weighted by molar-refractivity contribution is 0.720. The van der Waals surface area contributed by atoms with E-state index >= 15 is 0 Å². The average Bonchev–Trinajstić information content (AvgIpc) is 3.89. The van der Waals surface area contributed by atoms with Gasteiger partial charge in [0.25, 0.3) is 0 Å². The third-order valence-corrected chi connectivity index (χ3v) is 14.2. The molecule has 57 heavy (non-hydrogen) atoms. The summed E-state index contributed by atoms with van der Waals surface area (Å²) in [6, 6.07) is 60.8. The fourth-order valence-electron chi connectivity index (χ4n) is 12.2. The predicted octanol–water partition coefficient (Wildman–Crippen LogP) is 9.50. The first-order valence-electron chi connectivity index (χ1n) is 20.4. The standard InChI is InChI=1S/C53H38B2N2/c1-31-13-9-14-32(2)49(31)35-25-27-47-45(29-35)54-43-23-11-21-41-51(43)52-42(53(41)39-19-7-5-17-37(39)38-18-6-8-20-40(38)53)22-12-24-44(52)55-46-30-36(26-28-48(46)56(47)57(54)55)50-33(3)15-10-16-34(50)4/h5-30H,1-4H3. The first-order valence-corrected chi connectivity index (χ1v) is 20.4. The highest BCUT2D eigenvalue weighted by Gasteiger charge is 2.60. The zero-order valence-electron chi connectivity index (χ0n) is 32.6. The van der Waals surface area contributed by atoms with E-state index in [0.717, 1.165) is 0 Å². The quantitative estimate of drug-likeness (QED) is 0.164. The molecule has 0 saturated heterocycles. The molecule has 0 aromatic heterocycles. The summed E-state index contributed by atoms with van der Waals surface area (Å²) >= 11 is 0. The smallest absolute Gasteiger partial charge is 0.295 e. The van der Waals surface area contributed by atoms with Crippen LogP contribution in [0.1, 0.15) is 44.5 Å². The number of aryl methyl sites for hydroxylation is 4. The van der Waals surface area contributed by atoms with Crippen molar-refractivity contribution in [3.8, 4) is 44.5 Å². The van der Waals surface area contributed by atoms with E-state index in [-0.39, 0.29) is 13.7 Å². The summed E-state index contributed by atoms with van der Waals surface area (Å²) < 4.78 is 0. The van der Waals surface area contributed by atoms with Crippen molar-refractivity contribution in [3.05, 3.63) is 202 Å². The number of anilines is 2. The highest BCUT2D eigenvalue weighted by molar-refractivity contribution is 7.02. The molecule has 8 aromatic carbocycles. The molecule has 4 heteroatoms. The Hall–Kier alpha value is -6.35. The molecule has 3 heterocycles. The number of hydrazine groups is 1. The van der Waals surface area contributed by atoms with Gasteiger partial charge in [0.1, 0.15) is 0 Å². The summed E-state index contributed by atoms with van der Waals surface area (Å²) in [7, 11) is 0. The fraction of sp³-hybridized carbons (Fsp3) is 0.0943. The average molecular weight is 725 g/mol. The van der Waals surface area contributed by atoms with Crippen LogP contribution in [0, 0.1) is 27.7 Å². The van der Waals surface area contributed by atoms with Crippen molar-refractivity contribution < 1.29 is 0 Å². The van der Waals surface area contributed by atoms with Gasteiger partial charge in [0, 0.05) is 0 Å². The topological polar surface area (TPSA) is 6.48 Å². The Balaban J connectivity index is 1.16. The van der Waals surface area contributed by atoms with Crippen molar-refractivity contribution >= 4 is 46.9 Å². The van der Waals surface area contributed by atoms with E-state index in [2.05, 4.69) is 195 Å². The van der Waals surface area contributed by atoms with E-state index < -0.39 is 5.41 Å². The molecule has 0 bridgehead atoms. The maximum Gasteiger partial charge on any atom is 0.303 e. The first kappa shape index (κ1) is 31.8. The third-order valence-electron chi connectivity index (χ3n) is 14.2. The van der Waals surface area contributed by atoms with Crippen molar-refractivity contribution in [1.82, 2.24) is 4.83 Å². The van der Waals surface area contributed by atoms with E-state index in [1.807, 2.05) is 0 Å². The lowest BCUT2D eigenvalue weighted by Gasteiger charge is -2.33. The molecule has 2 nitrogen and oxygen atoms in total. The van der Waals surface area contributed by atoms with Crippen molar-refractivity contribution in [2.45, 2.75) is 33.1 Å². The summed E-state index contributed by atoms with van der Waals surface area (Å²) in [5.74, 6) is 0. The van der Waals surface area contributed by atoms with Crippen LogP contribution in [-0.2, 0) is 5.41 Å². The van der Waals surface area contributed by atoms with Crippen molar-refractivity contribution in [1.29, 1.82) is 0 Å². The Bertz CT molecular complexity index is 2870. The molecule has 0 amide bonds. The molecular formula is C53H38B2N2. The third kappa shape index (κ3) is 3.74. The Kier molecular flexibility index (Phi) is 6.10. The SMILES string of the molecule is Cc1cccc(C)c1-c1ccc2c(c1)B1c3cccc4c3-c3c(cccc3C43c4ccccc4-c4ccccc43)B3c4cc(-c5c(C)cccc5C)ccc4N2N13.